The van der Waals surface area contributed by atoms with Crippen molar-refractivity contribution in [3.63, 3.8) is 0 Å². The maximum Gasteiger partial charge on any atom is 0.397 e. The van der Waals surface area contributed by atoms with Crippen molar-refractivity contribution in [2.75, 3.05) is 19.8 Å². The van der Waals surface area contributed by atoms with Crippen LogP contribution in [0.3, 0.4) is 0 Å². The molecule has 0 radical (unpaired) electrons. The fraction of sp³-hybridized carbons (Fsp3) is 0.571. The van der Waals surface area contributed by atoms with Gasteiger partial charge >= 0.3 is 6.18 Å². The van der Waals surface area contributed by atoms with Crippen molar-refractivity contribution < 1.29 is 18.3 Å². The molecule has 0 saturated carbocycles. The van der Waals surface area contributed by atoms with Crippen molar-refractivity contribution in [3.05, 3.63) is 29.3 Å². The molecule has 120 valence electrons. The van der Waals surface area contributed by atoms with Crippen LogP contribution in [-0.2, 0) is 12.8 Å². The highest BCUT2D eigenvalue weighted by Crippen LogP contribution is 2.35. The third-order valence-corrected chi connectivity index (χ3v) is 5.00. The number of rotatable bonds is 3. The minimum Gasteiger partial charge on any atom is -0.508 e. The summed E-state index contributed by atoms with van der Waals surface area (Å²) in [5.74, 6) is -0.599. The Balaban J connectivity index is 0.00000220. The molecular weight excluding hydrogens is 323 g/mol. The number of nitrogens with zero attached hydrogens (tertiary/aromatic N) is 1. The van der Waals surface area contributed by atoms with Gasteiger partial charge in [0, 0.05) is 11.3 Å². The lowest BCUT2D eigenvalue weighted by atomic mass is 9.87. The normalized spacial score (nSPS) is 21.8. The summed E-state index contributed by atoms with van der Waals surface area (Å²) in [7, 11) is 3.78. The molecule has 1 aliphatic carbocycles. The maximum atomic E-state index is 12.4. The van der Waals surface area contributed by atoms with Crippen LogP contribution in [0.25, 0.3) is 0 Å². The molecular formula is C14H19ClF3NOS. The van der Waals surface area contributed by atoms with Gasteiger partial charge in [0.15, 0.2) is 0 Å². The van der Waals surface area contributed by atoms with E-state index in [0.29, 0.717) is 12.8 Å². The SMILES string of the molecule is CN(C)C1Cc2cc(O)ccc2CC1SCC(F)(F)F.Cl. The molecule has 1 aromatic rings. The van der Waals surface area contributed by atoms with Crippen molar-refractivity contribution in [2.45, 2.75) is 30.3 Å². The van der Waals surface area contributed by atoms with E-state index >= 15 is 0 Å². The summed E-state index contributed by atoms with van der Waals surface area (Å²) >= 11 is 0.979. The number of phenolic OH excluding ortho intramolecular Hbond substituents is 1. The van der Waals surface area contributed by atoms with E-state index in [-0.39, 0.29) is 29.4 Å². The van der Waals surface area contributed by atoms with Gasteiger partial charge in [0.2, 0.25) is 0 Å². The van der Waals surface area contributed by atoms with Crippen LogP contribution in [0.5, 0.6) is 5.75 Å². The van der Waals surface area contributed by atoms with Crippen LogP contribution in [-0.4, -0.2) is 47.3 Å². The summed E-state index contributed by atoms with van der Waals surface area (Å²) < 4.78 is 37.3. The molecule has 21 heavy (non-hydrogen) atoms. The van der Waals surface area contributed by atoms with Gasteiger partial charge in [-0.2, -0.15) is 13.2 Å². The summed E-state index contributed by atoms with van der Waals surface area (Å²) in [5, 5.41) is 9.44. The largest absolute Gasteiger partial charge is 0.508 e. The fourth-order valence-electron chi connectivity index (χ4n) is 2.60. The van der Waals surface area contributed by atoms with Gasteiger partial charge in [-0.15, -0.1) is 24.2 Å². The third-order valence-electron chi connectivity index (χ3n) is 3.59. The lowest BCUT2D eigenvalue weighted by Crippen LogP contribution is -2.43. The lowest BCUT2D eigenvalue weighted by Gasteiger charge is -2.37. The second-order valence-electron chi connectivity index (χ2n) is 5.36. The van der Waals surface area contributed by atoms with Crippen molar-refractivity contribution in [2.24, 2.45) is 0 Å². The predicted molar refractivity (Wildman–Crippen MR) is 82.5 cm³/mol. The van der Waals surface area contributed by atoms with E-state index in [2.05, 4.69) is 0 Å². The van der Waals surface area contributed by atoms with Crippen LogP contribution in [0.4, 0.5) is 13.2 Å². The van der Waals surface area contributed by atoms with E-state index in [1.165, 1.54) is 0 Å². The molecule has 0 fully saturated rings. The Hall–Kier alpha value is -0.590. The molecule has 0 aromatic heterocycles. The zero-order chi connectivity index (χ0) is 14.9. The van der Waals surface area contributed by atoms with Crippen molar-refractivity contribution in [1.29, 1.82) is 0 Å². The van der Waals surface area contributed by atoms with E-state index in [0.717, 1.165) is 22.9 Å². The molecule has 2 atom stereocenters. The zero-order valence-corrected chi connectivity index (χ0v) is 13.5. The highest BCUT2D eigenvalue weighted by Gasteiger charge is 2.35. The first kappa shape index (κ1) is 18.5. The van der Waals surface area contributed by atoms with Gasteiger partial charge in [-0.1, -0.05) is 6.07 Å². The molecule has 1 N–H and O–H groups in total. The van der Waals surface area contributed by atoms with E-state index in [9.17, 15) is 18.3 Å². The van der Waals surface area contributed by atoms with Gasteiger partial charge in [-0.05, 0) is 50.2 Å². The van der Waals surface area contributed by atoms with E-state index < -0.39 is 11.9 Å². The lowest BCUT2D eigenvalue weighted by molar-refractivity contribution is -0.105. The Kier molecular flexibility index (Phi) is 6.25. The molecule has 0 saturated heterocycles. The highest BCUT2D eigenvalue weighted by molar-refractivity contribution is 8.00. The van der Waals surface area contributed by atoms with Gasteiger partial charge in [0.25, 0.3) is 0 Å². The second kappa shape index (κ2) is 7.11. The number of hydrogen-bond donors (Lipinski definition) is 1. The molecule has 1 aromatic carbocycles. The Bertz CT molecular complexity index is 482. The first-order valence-corrected chi connectivity index (χ1v) is 7.46. The second-order valence-corrected chi connectivity index (χ2v) is 6.58. The first-order valence-electron chi connectivity index (χ1n) is 6.42. The standard InChI is InChI=1S/C14H18F3NOS.ClH/c1-18(2)12-6-10-5-11(19)4-3-9(10)7-13(12)20-8-14(15,16)17;/h3-5,12-13,19H,6-8H2,1-2H3;1H. The smallest absolute Gasteiger partial charge is 0.397 e. The Morgan fingerprint density at radius 3 is 2.48 bits per heavy atom. The van der Waals surface area contributed by atoms with E-state index in [1.807, 2.05) is 25.1 Å². The zero-order valence-electron chi connectivity index (χ0n) is 11.9. The summed E-state index contributed by atoms with van der Waals surface area (Å²) in [6.07, 6.45) is -2.85. The first-order chi connectivity index (χ1) is 9.26. The molecule has 1 aliphatic rings. The topological polar surface area (TPSA) is 23.5 Å². The number of benzene rings is 1. The number of thioether (sulfide) groups is 1. The minimum atomic E-state index is -4.13. The molecule has 0 spiro atoms. The number of phenols is 1. The number of aromatic hydroxyl groups is 1. The molecule has 0 aliphatic heterocycles. The van der Waals surface area contributed by atoms with Crippen LogP contribution in [0.2, 0.25) is 0 Å². The minimum absolute atomic E-state index is 0. The van der Waals surface area contributed by atoms with Crippen LogP contribution in [0.15, 0.2) is 18.2 Å². The number of hydrogen-bond acceptors (Lipinski definition) is 3. The molecule has 2 unspecified atom stereocenters. The summed E-state index contributed by atoms with van der Waals surface area (Å²) in [6, 6.07) is 5.19. The van der Waals surface area contributed by atoms with E-state index in [4.69, 9.17) is 0 Å². The van der Waals surface area contributed by atoms with Gasteiger partial charge in [-0.25, -0.2) is 0 Å². The summed E-state index contributed by atoms with van der Waals surface area (Å²) in [4.78, 5) is 1.97. The summed E-state index contributed by atoms with van der Waals surface area (Å²) in [6.45, 7) is 0. The van der Waals surface area contributed by atoms with Gasteiger partial charge in [0.05, 0.1) is 5.75 Å². The molecule has 7 heteroatoms. The average Bonchev–Trinajstić information content (AvgIpc) is 2.34. The average molecular weight is 342 g/mol. The Labute approximate surface area is 133 Å². The van der Waals surface area contributed by atoms with Crippen LogP contribution < -0.4 is 0 Å². The van der Waals surface area contributed by atoms with Gasteiger partial charge in [-0.3, -0.25) is 0 Å². The third kappa shape index (κ3) is 4.97. The van der Waals surface area contributed by atoms with Crippen molar-refractivity contribution in [1.82, 2.24) is 4.90 Å². The molecule has 0 amide bonds. The highest BCUT2D eigenvalue weighted by atomic mass is 35.5. The number of likely N-dealkylation sites (N-methyl/N-ethyl adjacent to an activating group) is 1. The van der Waals surface area contributed by atoms with Crippen LogP contribution >= 0.6 is 24.2 Å². The van der Waals surface area contributed by atoms with Crippen molar-refractivity contribution >= 4 is 24.2 Å². The van der Waals surface area contributed by atoms with Gasteiger partial charge in [0.1, 0.15) is 5.75 Å². The van der Waals surface area contributed by atoms with Crippen LogP contribution in [0, 0.1) is 0 Å². The number of halogens is 4. The fourth-order valence-corrected chi connectivity index (χ4v) is 3.86. The molecule has 0 heterocycles. The molecule has 2 rings (SSSR count). The van der Waals surface area contributed by atoms with Crippen LogP contribution in [0.1, 0.15) is 11.1 Å². The van der Waals surface area contributed by atoms with Gasteiger partial charge < -0.3 is 10.0 Å². The maximum absolute atomic E-state index is 12.4. The molecule has 0 bridgehead atoms. The van der Waals surface area contributed by atoms with Crippen molar-refractivity contribution in [3.8, 4) is 5.75 Å². The number of fused-ring (bicyclic) bond motifs is 1. The predicted octanol–water partition coefficient (Wildman–Crippen LogP) is 3.51. The monoisotopic (exact) mass is 341 g/mol. The Morgan fingerprint density at radius 2 is 1.90 bits per heavy atom. The summed E-state index contributed by atoms with van der Waals surface area (Å²) in [5.41, 5.74) is 2.08. The van der Waals surface area contributed by atoms with E-state index in [1.54, 1.807) is 12.1 Å². The quantitative estimate of drug-likeness (QED) is 0.910. The number of alkyl halides is 3. The molecule has 2 nitrogen and oxygen atoms in total. The Morgan fingerprint density at radius 1 is 1.24 bits per heavy atom.